The van der Waals surface area contributed by atoms with Crippen molar-refractivity contribution in [3.05, 3.63) is 0 Å². The predicted octanol–water partition coefficient (Wildman–Crippen LogP) is 1.00. The van der Waals surface area contributed by atoms with Gasteiger partial charge in [0.2, 0.25) is 0 Å². The molecule has 2 fully saturated rings. The fraction of sp³-hybridized carbons (Fsp3) is 1.00. The zero-order valence-corrected chi connectivity index (χ0v) is 5.35. The van der Waals surface area contributed by atoms with Crippen LogP contribution in [0.4, 0.5) is 0 Å². The molecular weight excluding hydrogens is 98.1 g/mol. The summed E-state index contributed by atoms with van der Waals surface area (Å²) in [6.07, 6.45) is 2.96. The molecule has 1 N–H and O–H groups in total. The lowest BCUT2D eigenvalue weighted by molar-refractivity contribution is 0.193. The highest BCUT2D eigenvalue weighted by Crippen LogP contribution is 2.38. The molecule has 0 aromatic carbocycles. The summed E-state index contributed by atoms with van der Waals surface area (Å²) < 4.78 is 0. The molecule has 46 valence electrons. The van der Waals surface area contributed by atoms with E-state index in [4.69, 9.17) is 0 Å². The molecule has 1 aliphatic heterocycles. The van der Waals surface area contributed by atoms with Gasteiger partial charge in [-0.25, -0.2) is 0 Å². The van der Waals surface area contributed by atoms with Crippen molar-refractivity contribution in [1.82, 2.24) is 5.32 Å². The second-order valence-corrected chi connectivity index (χ2v) is 3.23. The van der Waals surface area contributed by atoms with E-state index in [1.54, 1.807) is 0 Å². The molecule has 1 heterocycles. The summed E-state index contributed by atoms with van der Waals surface area (Å²) in [7, 11) is 0. The second-order valence-electron chi connectivity index (χ2n) is 3.23. The van der Waals surface area contributed by atoms with E-state index in [0.29, 0.717) is 0 Å². The van der Waals surface area contributed by atoms with Gasteiger partial charge < -0.3 is 5.32 Å². The van der Waals surface area contributed by atoms with E-state index in [9.17, 15) is 0 Å². The summed E-state index contributed by atoms with van der Waals surface area (Å²) in [6.45, 7) is 3.67. The molecule has 2 rings (SSSR count). The molecule has 1 aliphatic carbocycles. The normalized spacial score (nSPS) is 52.9. The van der Waals surface area contributed by atoms with Crippen molar-refractivity contribution in [2.24, 2.45) is 11.8 Å². The number of rotatable bonds is 1. The van der Waals surface area contributed by atoms with Gasteiger partial charge in [0.1, 0.15) is 0 Å². The van der Waals surface area contributed by atoms with Gasteiger partial charge in [-0.15, -0.1) is 0 Å². The van der Waals surface area contributed by atoms with Crippen LogP contribution in [0.3, 0.4) is 0 Å². The minimum absolute atomic E-state index is 0.929. The molecule has 0 aromatic rings. The Bertz CT molecular complexity index is 94.6. The van der Waals surface area contributed by atoms with Gasteiger partial charge in [0, 0.05) is 12.6 Å². The number of nitrogens with one attached hydrogen (secondary N) is 1. The Kier molecular flexibility index (Phi) is 0.884. The van der Waals surface area contributed by atoms with Gasteiger partial charge in [0.05, 0.1) is 0 Å². The molecule has 1 heteroatoms. The van der Waals surface area contributed by atoms with E-state index >= 15 is 0 Å². The predicted molar refractivity (Wildman–Crippen MR) is 33.7 cm³/mol. The van der Waals surface area contributed by atoms with Crippen molar-refractivity contribution in [2.45, 2.75) is 25.8 Å². The van der Waals surface area contributed by atoms with Gasteiger partial charge >= 0.3 is 0 Å². The lowest BCUT2D eigenvalue weighted by atomic mass is 9.73. The summed E-state index contributed by atoms with van der Waals surface area (Å²) >= 11 is 0. The maximum Gasteiger partial charge on any atom is 0.0224 e. The monoisotopic (exact) mass is 111 g/mol. The van der Waals surface area contributed by atoms with Gasteiger partial charge in [0.25, 0.3) is 0 Å². The lowest BCUT2D eigenvalue weighted by Crippen LogP contribution is -2.28. The maximum absolute atomic E-state index is 3.37. The van der Waals surface area contributed by atoms with Gasteiger partial charge in [-0.3, -0.25) is 0 Å². The molecule has 3 atom stereocenters. The van der Waals surface area contributed by atoms with E-state index in [1.807, 2.05) is 0 Å². The second kappa shape index (κ2) is 1.47. The van der Waals surface area contributed by atoms with E-state index in [2.05, 4.69) is 12.2 Å². The Morgan fingerprint density at radius 2 is 2.12 bits per heavy atom. The highest BCUT2D eigenvalue weighted by atomic mass is 15.1. The van der Waals surface area contributed by atoms with Crippen molar-refractivity contribution in [2.75, 3.05) is 6.54 Å². The first kappa shape index (κ1) is 4.80. The molecule has 8 heavy (non-hydrogen) atoms. The number of hydrogen-bond acceptors (Lipinski definition) is 1. The van der Waals surface area contributed by atoms with E-state index in [1.165, 1.54) is 19.4 Å². The molecule has 1 saturated heterocycles. The first-order chi connectivity index (χ1) is 3.88. The Labute approximate surface area is 50.5 Å². The third kappa shape index (κ3) is 0.576. The summed E-state index contributed by atoms with van der Waals surface area (Å²) in [5, 5.41) is 3.37. The summed E-state index contributed by atoms with van der Waals surface area (Å²) in [4.78, 5) is 0. The topological polar surface area (TPSA) is 21.9 Å². The molecule has 0 amide bonds. The molecule has 0 bridgehead atoms. The van der Waals surface area contributed by atoms with Crippen LogP contribution in [0.25, 0.3) is 0 Å². The fourth-order valence-electron chi connectivity index (χ4n) is 1.66. The van der Waals surface area contributed by atoms with E-state index < -0.39 is 0 Å². The van der Waals surface area contributed by atoms with Crippen molar-refractivity contribution in [3.8, 4) is 0 Å². The van der Waals surface area contributed by atoms with Crippen LogP contribution in [0.1, 0.15) is 19.8 Å². The van der Waals surface area contributed by atoms with Crippen molar-refractivity contribution < 1.29 is 0 Å². The van der Waals surface area contributed by atoms with Gasteiger partial charge in [0.15, 0.2) is 0 Å². The summed E-state index contributed by atoms with van der Waals surface area (Å²) in [6, 6.07) is 0.929. The van der Waals surface area contributed by atoms with Crippen molar-refractivity contribution >= 4 is 0 Å². The van der Waals surface area contributed by atoms with Crippen LogP contribution in [0, 0.1) is 11.8 Å². The average molecular weight is 111 g/mol. The highest BCUT2D eigenvalue weighted by molar-refractivity contribution is 4.96. The molecular formula is C7H13N. The zero-order valence-electron chi connectivity index (χ0n) is 5.35. The Morgan fingerprint density at radius 3 is 2.25 bits per heavy atom. The van der Waals surface area contributed by atoms with Crippen LogP contribution in [0.15, 0.2) is 0 Å². The molecule has 1 saturated carbocycles. The van der Waals surface area contributed by atoms with Crippen molar-refractivity contribution in [1.29, 1.82) is 0 Å². The largest absolute Gasteiger partial charge is 0.311 e. The van der Waals surface area contributed by atoms with Crippen LogP contribution in [0.2, 0.25) is 0 Å². The van der Waals surface area contributed by atoms with E-state index in [-0.39, 0.29) is 0 Å². The Morgan fingerprint density at radius 1 is 1.38 bits per heavy atom. The van der Waals surface area contributed by atoms with Crippen LogP contribution in [0.5, 0.6) is 0 Å². The van der Waals surface area contributed by atoms with Crippen LogP contribution >= 0.6 is 0 Å². The molecule has 0 spiro atoms. The summed E-state index contributed by atoms with van der Waals surface area (Å²) in [5.41, 5.74) is 0. The first-order valence-electron chi connectivity index (χ1n) is 3.61. The highest BCUT2D eigenvalue weighted by Gasteiger charge is 2.39. The van der Waals surface area contributed by atoms with Crippen LogP contribution in [-0.2, 0) is 0 Å². The molecule has 2 aliphatic rings. The third-order valence-electron chi connectivity index (χ3n) is 2.64. The smallest absolute Gasteiger partial charge is 0.0224 e. The summed E-state index contributed by atoms with van der Waals surface area (Å²) in [5.74, 6) is 2.07. The average Bonchev–Trinajstić information content (AvgIpc) is 2.46. The van der Waals surface area contributed by atoms with Crippen LogP contribution in [-0.4, -0.2) is 12.6 Å². The van der Waals surface area contributed by atoms with Gasteiger partial charge in [-0.1, -0.05) is 13.3 Å². The molecule has 0 radical (unpaired) electrons. The Hall–Kier alpha value is -0.0400. The minimum Gasteiger partial charge on any atom is -0.311 e. The fourth-order valence-corrected chi connectivity index (χ4v) is 1.66. The van der Waals surface area contributed by atoms with Gasteiger partial charge in [-0.05, 0) is 18.3 Å². The van der Waals surface area contributed by atoms with Crippen molar-refractivity contribution in [3.63, 3.8) is 0 Å². The minimum atomic E-state index is 0.929. The first-order valence-corrected chi connectivity index (χ1v) is 3.61. The van der Waals surface area contributed by atoms with Crippen LogP contribution < -0.4 is 5.32 Å². The van der Waals surface area contributed by atoms with E-state index in [0.717, 1.165) is 17.9 Å². The maximum atomic E-state index is 3.37. The SMILES string of the molecule is CC1CC[C@H]1[C@@H]1CN1. The molecule has 0 aromatic heterocycles. The van der Waals surface area contributed by atoms with Gasteiger partial charge in [-0.2, -0.15) is 0 Å². The molecule has 1 nitrogen and oxygen atoms in total. The zero-order chi connectivity index (χ0) is 5.56. The third-order valence-corrected chi connectivity index (χ3v) is 2.64. The Balaban J connectivity index is 1.87. The standard InChI is InChI=1S/C7H13N/c1-5-2-3-6(5)7-4-8-7/h5-8H,2-4H2,1H3/t5?,6-,7+/m1/s1. The quantitative estimate of drug-likeness (QED) is 0.501. The lowest BCUT2D eigenvalue weighted by Gasteiger charge is -2.33. The molecule has 1 unspecified atom stereocenters. The number of hydrogen-bond donors (Lipinski definition) is 1.